The maximum atomic E-state index is 13.0. The molecule has 0 bridgehead atoms. The number of thioether (sulfide) groups is 1. The molecule has 0 amide bonds. The average Bonchev–Trinajstić information content (AvgIpc) is 2.85. The third-order valence-corrected chi connectivity index (χ3v) is 6.37. The minimum Gasteiger partial charge on any atom is -0.299 e. The molecule has 6 heteroatoms. The number of aromatic nitrogens is 2. The first-order valence-electron chi connectivity index (χ1n) is 7.79. The Balaban J connectivity index is 2.17. The van der Waals surface area contributed by atoms with Crippen LogP contribution in [0.25, 0.3) is 10.2 Å². The van der Waals surface area contributed by atoms with Gasteiger partial charge in [-0.25, -0.2) is 4.98 Å². The molecule has 2 aromatic rings. The first kappa shape index (κ1) is 16.5. The number of hydrogen-bond acceptors (Lipinski definition) is 5. The van der Waals surface area contributed by atoms with Crippen LogP contribution in [-0.2, 0) is 24.2 Å². The van der Waals surface area contributed by atoms with Crippen LogP contribution in [0.1, 0.15) is 30.7 Å². The van der Waals surface area contributed by atoms with Gasteiger partial charge >= 0.3 is 0 Å². The quantitative estimate of drug-likeness (QED) is 0.472. The number of nitrogens with zero attached hydrogens (tertiary/aromatic N) is 2. The summed E-state index contributed by atoms with van der Waals surface area (Å²) in [5.41, 5.74) is 1.20. The largest absolute Gasteiger partial charge is 0.299 e. The number of carbonyl (C=O) groups is 1. The van der Waals surface area contributed by atoms with E-state index >= 15 is 0 Å². The number of hydrogen-bond donors (Lipinski definition) is 0. The van der Waals surface area contributed by atoms with Crippen LogP contribution in [0.5, 0.6) is 0 Å². The molecular formula is C17H20N2O2S2. The van der Waals surface area contributed by atoms with Crippen molar-refractivity contribution in [2.45, 2.75) is 44.8 Å². The predicted molar refractivity (Wildman–Crippen MR) is 96.7 cm³/mol. The summed E-state index contributed by atoms with van der Waals surface area (Å²) in [7, 11) is 0. The molecule has 1 atom stereocenters. The molecule has 0 saturated heterocycles. The van der Waals surface area contributed by atoms with E-state index < -0.39 is 0 Å². The van der Waals surface area contributed by atoms with Crippen LogP contribution in [0.3, 0.4) is 0 Å². The number of allylic oxidation sites excluding steroid dienone is 1. The number of rotatable bonds is 5. The van der Waals surface area contributed by atoms with Gasteiger partial charge in [-0.15, -0.1) is 17.9 Å². The Morgan fingerprint density at radius 2 is 2.35 bits per heavy atom. The van der Waals surface area contributed by atoms with Crippen molar-refractivity contribution < 1.29 is 4.79 Å². The van der Waals surface area contributed by atoms with Gasteiger partial charge in [0, 0.05) is 11.4 Å². The molecule has 0 fully saturated rings. The van der Waals surface area contributed by atoms with E-state index in [4.69, 9.17) is 4.98 Å². The molecule has 122 valence electrons. The van der Waals surface area contributed by atoms with Gasteiger partial charge in [-0.05, 0) is 37.7 Å². The smallest absolute Gasteiger partial charge is 0.263 e. The van der Waals surface area contributed by atoms with Crippen molar-refractivity contribution in [2.24, 2.45) is 5.92 Å². The van der Waals surface area contributed by atoms with E-state index in [1.807, 2.05) is 0 Å². The normalized spacial score (nSPS) is 17.2. The third-order valence-electron chi connectivity index (χ3n) is 4.10. The maximum absolute atomic E-state index is 13.0. The lowest BCUT2D eigenvalue weighted by Crippen LogP contribution is -2.23. The van der Waals surface area contributed by atoms with Crippen molar-refractivity contribution in [1.82, 2.24) is 9.55 Å². The van der Waals surface area contributed by atoms with E-state index in [0.29, 0.717) is 23.4 Å². The number of carbonyl (C=O) groups excluding carboxylic acids is 1. The Hall–Kier alpha value is -1.40. The summed E-state index contributed by atoms with van der Waals surface area (Å²) in [5, 5.41) is 1.40. The molecule has 0 unspecified atom stereocenters. The summed E-state index contributed by atoms with van der Waals surface area (Å²) in [4.78, 5) is 31.1. The highest BCUT2D eigenvalue weighted by molar-refractivity contribution is 7.99. The summed E-state index contributed by atoms with van der Waals surface area (Å²) >= 11 is 2.98. The molecule has 1 aliphatic rings. The van der Waals surface area contributed by atoms with Crippen molar-refractivity contribution in [2.75, 3.05) is 5.75 Å². The average molecular weight is 348 g/mol. The maximum Gasteiger partial charge on any atom is 0.263 e. The molecule has 0 aromatic carbocycles. The van der Waals surface area contributed by atoms with Gasteiger partial charge in [0.1, 0.15) is 10.6 Å². The zero-order valence-corrected chi connectivity index (χ0v) is 15.1. The number of aryl methyl sites for hydroxylation is 1. The minimum absolute atomic E-state index is 0.00741. The Kier molecular flexibility index (Phi) is 4.73. The zero-order chi connectivity index (χ0) is 16.6. The van der Waals surface area contributed by atoms with E-state index in [2.05, 4.69) is 13.5 Å². The van der Waals surface area contributed by atoms with Crippen LogP contribution in [-0.4, -0.2) is 21.1 Å². The van der Waals surface area contributed by atoms with Gasteiger partial charge in [0.15, 0.2) is 5.16 Å². The van der Waals surface area contributed by atoms with E-state index in [1.54, 1.807) is 28.9 Å². The highest BCUT2D eigenvalue weighted by atomic mass is 32.2. The van der Waals surface area contributed by atoms with E-state index in [9.17, 15) is 9.59 Å². The lowest BCUT2D eigenvalue weighted by atomic mass is 9.89. The lowest BCUT2D eigenvalue weighted by Gasteiger charge is -2.17. The summed E-state index contributed by atoms with van der Waals surface area (Å²) in [6, 6.07) is 0. The van der Waals surface area contributed by atoms with Crippen molar-refractivity contribution in [3.63, 3.8) is 0 Å². The van der Waals surface area contributed by atoms with Crippen LogP contribution in [0.15, 0.2) is 22.6 Å². The second-order valence-electron chi connectivity index (χ2n) is 6.12. The SMILES string of the molecule is C=CCn1c(SCC(C)=O)nc2sc3c(c2c1=O)CC[C@H](C)C3. The highest BCUT2D eigenvalue weighted by Crippen LogP contribution is 2.36. The Morgan fingerprint density at radius 3 is 3.04 bits per heavy atom. The molecule has 0 spiro atoms. The Labute approximate surface area is 143 Å². The monoisotopic (exact) mass is 348 g/mol. The highest BCUT2D eigenvalue weighted by Gasteiger charge is 2.24. The molecule has 4 nitrogen and oxygen atoms in total. The second-order valence-corrected chi connectivity index (χ2v) is 8.15. The van der Waals surface area contributed by atoms with Gasteiger partial charge in [-0.1, -0.05) is 24.8 Å². The fourth-order valence-electron chi connectivity index (χ4n) is 2.97. The topological polar surface area (TPSA) is 52.0 Å². The molecule has 23 heavy (non-hydrogen) atoms. The minimum atomic E-state index is 0.00741. The van der Waals surface area contributed by atoms with Gasteiger partial charge in [-0.3, -0.25) is 14.2 Å². The molecule has 0 N–H and O–H groups in total. The van der Waals surface area contributed by atoms with Gasteiger partial charge in [-0.2, -0.15) is 0 Å². The third kappa shape index (κ3) is 3.15. The second kappa shape index (κ2) is 6.61. The van der Waals surface area contributed by atoms with Crippen molar-refractivity contribution >= 4 is 39.1 Å². The molecule has 3 rings (SSSR count). The van der Waals surface area contributed by atoms with Crippen LogP contribution in [0.4, 0.5) is 0 Å². The van der Waals surface area contributed by atoms with Gasteiger partial charge in [0.2, 0.25) is 0 Å². The summed E-state index contributed by atoms with van der Waals surface area (Å²) in [6.45, 7) is 7.96. The standard InChI is InChI=1S/C17H20N2O2S2/c1-4-7-19-16(21)14-12-6-5-10(2)8-13(12)23-15(14)18-17(19)22-9-11(3)20/h4,10H,1,5-9H2,2-3H3/t10-/m0/s1. The number of ketones is 1. The van der Waals surface area contributed by atoms with Crippen LogP contribution in [0.2, 0.25) is 0 Å². The number of Topliss-reactive ketones (excluding diaryl/α,β-unsaturated/α-hetero) is 1. The first-order valence-corrected chi connectivity index (χ1v) is 9.59. The number of fused-ring (bicyclic) bond motifs is 3. The zero-order valence-electron chi connectivity index (χ0n) is 13.4. The van der Waals surface area contributed by atoms with E-state index in [0.717, 1.165) is 29.5 Å². The van der Waals surface area contributed by atoms with Crippen LogP contribution in [0, 0.1) is 5.92 Å². The van der Waals surface area contributed by atoms with Crippen molar-refractivity contribution in [1.29, 1.82) is 0 Å². The van der Waals surface area contributed by atoms with E-state index in [-0.39, 0.29) is 11.3 Å². The fourth-order valence-corrected chi connectivity index (χ4v) is 5.20. The fraction of sp³-hybridized carbons (Fsp3) is 0.471. The first-order chi connectivity index (χ1) is 11.0. The van der Waals surface area contributed by atoms with Gasteiger partial charge in [0.25, 0.3) is 5.56 Å². The van der Waals surface area contributed by atoms with Gasteiger partial charge < -0.3 is 0 Å². The van der Waals surface area contributed by atoms with Crippen LogP contribution < -0.4 is 5.56 Å². The molecule has 2 aromatic heterocycles. The Bertz CT molecular complexity index is 835. The molecule has 0 saturated carbocycles. The lowest BCUT2D eigenvalue weighted by molar-refractivity contribution is -0.114. The number of thiophene rings is 1. The molecule has 0 radical (unpaired) electrons. The summed E-state index contributed by atoms with van der Waals surface area (Å²) in [5.74, 6) is 1.07. The van der Waals surface area contributed by atoms with Crippen molar-refractivity contribution in [3.8, 4) is 0 Å². The summed E-state index contributed by atoms with van der Waals surface area (Å²) in [6.07, 6.45) is 4.82. The molecule has 1 aliphatic carbocycles. The van der Waals surface area contributed by atoms with Crippen molar-refractivity contribution in [3.05, 3.63) is 33.4 Å². The van der Waals surface area contributed by atoms with Gasteiger partial charge in [0.05, 0.1) is 11.1 Å². The molecular weight excluding hydrogens is 328 g/mol. The summed E-state index contributed by atoms with van der Waals surface area (Å²) < 4.78 is 1.65. The molecule has 0 aliphatic heterocycles. The predicted octanol–water partition coefficient (Wildman–Crippen LogP) is 3.45. The van der Waals surface area contributed by atoms with Crippen LogP contribution >= 0.6 is 23.1 Å². The van der Waals surface area contributed by atoms with E-state index in [1.165, 1.54) is 22.2 Å². The Morgan fingerprint density at radius 1 is 1.57 bits per heavy atom. The molecule has 2 heterocycles.